The van der Waals surface area contributed by atoms with Gasteiger partial charge in [-0.05, 0) is 38.5 Å². The number of carbonyl (C=O) groups is 1. The fraction of sp³-hybridized carbons (Fsp3) is 0.722. The standard InChI is InChI=1S/C18H27N5O/c1-2-16-19-20-17-12-21(10-11-22(16)17)13-18(24)23(15-8-9-15)14-6-4-3-5-7-14/h6,15H,2-5,7-13H2,1H3. The summed E-state index contributed by atoms with van der Waals surface area (Å²) in [4.78, 5) is 17.3. The number of nitrogens with zero attached hydrogens (tertiary/aromatic N) is 5. The average molecular weight is 329 g/mol. The second-order valence-electron chi connectivity index (χ2n) is 7.18. The van der Waals surface area contributed by atoms with Crippen LogP contribution in [0.2, 0.25) is 0 Å². The highest BCUT2D eigenvalue weighted by Gasteiger charge is 2.36. The van der Waals surface area contributed by atoms with Gasteiger partial charge in [-0.3, -0.25) is 9.69 Å². The lowest BCUT2D eigenvalue weighted by atomic mass is 10.0. The molecule has 2 heterocycles. The smallest absolute Gasteiger partial charge is 0.241 e. The Morgan fingerprint density at radius 1 is 1.29 bits per heavy atom. The molecule has 2 aliphatic carbocycles. The van der Waals surface area contributed by atoms with Gasteiger partial charge in [0, 0.05) is 31.2 Å². The summed E-state index contributed by atoms with van der Waals surface area (Å²) in [6.07, 6.45) is 10.2. The average Bonchev–Trinajstić information content (AvgIpc) is 3.34. The minimum atomic E-state index is 0.273. The van der Waals surface area contributed by atoms with Crippen molar-refractivity contribution >= 4 is 5.91 Å². The van der Waals surface area contributed by atoms with Crippen LogP contribution in [0.25, 0.3) is 0 Å². The molecule has 3 aliphatic rings. The van der Waals surface area contributed by atoms with E-state index in [9.17, 15) is 4.79 Å². The van der Waals surface area contributed by atoms with Crippen LogP contribution in [0.3, 0.4) is 0 Å². The first-order chi connectivity index (χ1) is 11.8. The second-order valence-corrected chi connectivity index (χ2v) is 7.18. The van der Waals surface area contributed by atoms with E-state index in [1.165, 1.54) is 18.5 Å². The van der Waals surface area contributed by atoms with Gasteiger partial charge in [0.05, 0.1) is 13.1 Å². The van der Waals surface area contributed by atoms with Gasteiger partial charge in [-0.1, -0.05) is 13.0 Å². The molecule has 1 saturated carbocycles. The fourth-order valence-corrected chi connectivity index (χ4v) is 3.90. The van der Waals surface area contributed by atoms with Crippen molar-refractivity contribution in [1.82, 2.24) is 24.6 Å². The Labute approximate surface area is 143 Å². The SMILES string of the molecule is CCc1nnc2n1CCN(CC(=O)N(C1=CCCCC1)C1CC1)C2. The Morgan fingerprint density at radius 2 is 2.17 bits per heavy atom. The molecule has 6 nitrogen and oxygen atoms in total. The molecule has 1 aromatic rings. The molecule has 0 aromatic carbocycles. The molecule has 24 heavy (non-hydrogen) atoms. The molecule has 1 aliphatic heterocycles. The number of aryl methyl sites for hydroxylation is 1. The van der Waals surface area contributed by atoms with Crippen LogP contribution in [-0.2, 0) is 24.3 Å². The van der Waals surface area contributed by atoms with Gasteiger partial charge in [0.25, 0.3) is 0 Å². The minimum Gasteiger partial charge on any atom is -0.313 e. The van der Waals surface area contributed by atoms with Crippen LogP contribution in [0.15, 0.2) is 11.8 Å². The number of carbonyl (C=O) groups excluding carboxylic acids is 1. The summed E-state index contributed by atoms with van der Waals surface area (Å²) < 4.78 is 2.21. The van der Waals surface area contributed by atoms with Crippen molar-refractivity contribution in [1.29, 1.82) is 0 Å². The van der Waals surface area contributed by atoms with E-state index < -0.39 is 0 Å². The lowest BCUT2D eigenvalue weighted by molar-refractivity contribution is -0.131. The van der Waals surface area contributed by atoms with E-state index >= 15 is 0 Å². The molecule has 130 valence electrons. The molecule has 0 spiro atoms. The van der Waals surface area contributed by atoms with Gasteiger partial charge in [-0.25, -0.2) is 0 Å². The highest BCUT2D eigenvalue weighted by atomic mass is 16.2. The van der Waals surface area contributed by atoms with E-state index in [1.807, 2.05) is 0 Å². The van der Waals surface area contributed by atoms with Crippen molar-refractivity contribution in [3.8, 4) is 0 Å². The first-order valence-corrected chi connectivity index (χ1v) is 9.40. The number of allylic oxidation sites excluding steroid dienone is 2. The Balaban J connectivity index is 1.42. The Kier molecular flexibility index (Phi) is 4.39. The lowest BCUT2D eigenvalue weighted by Crippen LogP contribution is -2.44. The van der Waals surface area contributed by atoms with Gasteiger partial charge in [-0.15, -0.1) is 10.2 Å². The van der Waals surface area contributed by atoms with E-state index in [2.05, 4.69) is 37.6 Å². The number of aromatic nitrogens is 3. The van der Waals surface area contributed by atoms with E-state index in [0.717, 1.165) is 63.4 Å². The molecule has 6 heteroatoms. The first kappa shape index (κ1) is 15.8. The van der Waals surface area contributed by atoms with Crippen LogP contribution in [0, 0.1) is 0 Å². The zero-order valence-electron chi connectivity index (χ0n) is 14.6. The number of hydrogen-bond acceptors (Lipinski definition) is 4. The zero-order chi connectivity index (χ0) is 16.5. The number of fused-ring (bicyclic) bond motifs is 1. The Bertz CT molecular complexity index is 646. The zero-order valence-corrected chi connectivity index (χ0v) is 14.6. The van der Waals surface area contributed by atoms with Crippen molar-refractivity contribution in [2.24, 2.45) is 0 Å². The molecule has 0 radical (unpaired) electrons. The van der Waals surface area contributed by atoms with E-state index in [0.29, 0.717) is 12.6 Å². The topological polar surface area (TPSA) is 54.3 Å². The van der Waals surface area contributed by atoms with Crippen LogP contribution in [0.4, 0.5) is 0 Å². The van der Waals surface area contributed by atoms with Crippen molar-refractivity contribution in [3.05, 3.63) is 23.4 Å². The van der Waals surface area contributed by atoms with Crippen LogP contribution >= 0.6 is 0 Å². The largest absolute Gasteiger partial charge is 0.313 e. The molecule has 0 N–H and O–H groups in total. The van der Waals surface area contributed by atoms with Crippen molar-refractivity contribution in [2.75, 3.05) is 13.1 Å². The third kappa shape index (κ3) is 3.11. The van der Waals surface area contributed by atoms with Crippen molar-refractivity contribution in [3.63, 3.8) is 0 Å². The lowest BCUT2D eigenvalue weighted by Gasteiger charge is -2.32. The number of rotatable bonds is 5. The van der Waals surface area contributed by atoms with E-state index in [-0.39, 0.29) is 5.91 Å². The summed E-state index contributed by atoms with van der Waals surface area (Å²) in [6.45, 7) is 5.14. The van der Waals surface area contributed by atoms with Gasteiger partial charge in [0.1, 0.15) is 11.6 Å². The molecule has 4 rings (SSSR count). The summed E-state index contributed by atoms with van der Waals surface area (Å²) in [5, 5.41) is 8.56. The molecular formula is C18H27N5O. The maximum Gasteiger partial charge on any atom is 0.241 e. The minimum absolute atomic E-state index is 0.273. The molecule has 0 saturated heterocycles. The van der Waals surface area contributed by atoms with E-state index in [4.69, 9.17) is 0 Å². The maximum atomic E-state index is 13.0. The first-order valence-electron chi connectivity index (χ1n) is 9.40. The number of amides is 1. The molecule has 1 amide bonds. The third-order valence-corrected chi connectivity index (χ3v) is 5.34. The van der Waals surface area contributed by atoms with E-state index in [1.54, 1.807) is 0 Å². The monoisotopic (exact) mass is 329 g/mol. The molecule has 1 fully saturated rings. The van der Waals surface area contributed by atoms with Crippen molar-refractivity contribution < 1.29 is 4.79 Å². The summed E-state index contributed by atoms with van der Waals surface area (Å²) >= 11 is 0. The van der Waals surface area contributed by atoms with Gasteiger partial charge in [0.15, 0.2) is 0 Å². The maximum absolute atomic E-state index is 13.0. The molecule has 0 bridgehead atoms. The molecule has 0 unspecified atom stereocenters. The van der Waals surface area contributed by atoms with Crippen LogP contribution in [0.1, 0.15) is 57.1 Å². The molecule has 0 atom stereocenters. The second kappa shape index (κ2) is 6.67. The summed E-state index contributed by atoms with van der Waals surface area (Å²) in [7, 11) is 0. The normalized spacial score (nSPS) is 21.3. The fourth-order valence-electron chi connectivity index (χ4n) is 3.90. The van der Waals surface area contributed by atoms with Crippen LogP contribution in [-0.4, -0.2) is 49.6 Å². The molecule has 1 aromatic heterocycles. The summed E-state index contributed by atoms with van der Waals surface area (Å²) in [5.74, 6) is 2.33. The van der Waals surface area contributed by atoms with Gasteiger partial charge in [-0.2, -0.15) is 0 Å². The van der Waals surface area contributed by atoms with Gasteiger partial charge >= 0.3 is 0 Å². The van der Waals surface area contributed by atoms with Crippen LogP contribution in [0.5, 0.6) is 0 Å². The summed E-state index contributed by atoms with van der Waals surface area (Å²) in [5.41, 5.74) is 1.28. The Hall–Kier alpha value is -1.69. The van der Waals surface area contributed by atoms with Crippen LogP contribution < -0.4 is 0 Å². The van der Waals surface area contributed by atoms with Gasteiger partial charge in [0.2, 0.25) is 5.91 Å². The summed E-state index contributed by atoms with van der Waals surface area (Å²) in [6, 6.07) is 0.460. The molecular weight excluding hydrogens is 302 g/mol. The Morgan fingerprint density at radius 3 is 2.88 bits per heavy atom. The predicted octanol–water partition coefficient (Wildman–Crippen LogP) is 2.10. The van der Waals surface area contributed by atoms with Gasteiger partial charge < -0.3 is 9.47 Å². The third-order valence-electron chi connectivity index (χ3n) is 5.34. The highest BCUT2D eigenvalue weighted by molar-refractivity contribution is 5.80. The predicted molar refractivity (Wildman–Crippen MR) is 91.1 cm³/mol. The quantitative estimate of drug-likeness (QED) is 0.830. The van der Waals surface area contributed by atoms with Crippen molar-refractivity contribution in [2.45, 2.75) is 71.0 Å². The number of hydrogen-bond donors (Lipinski definition) is 0. The highest BCUT2D eigenvalue weighted by Crippen LogP contribution is 2.34.